The van der Waals surface area contributed by atoms with E-state index in [2.05, 4.69) is 34.2 Å². The van der Waals surface area contributed by atoms with E-state index in [-0.39, 0.29) is 6.04 Å². The van der Waals surface area contributed by atoms with Crippen LogP contribution >= 0.6 is 11.8 Å². The molecule has 1 unspecified atom stereocenters. The Morgan fingerprint density at radius 1 is 1.35 bits per heavy atom. The third kappa shape index (κ3) is 3.08. The molecule has 1 aromatic carbocycles. The summed E-state index contributed by atoms with van der Waals surface area (Å²) in [5.74, 6) is 1.61. The Hall–Kier alpha value is -1.33. The molecule has 0 amide bonds. The highest BCUT2D eigenvalue weighted by Crippen LogP contribution is 2.22. The van der Waals surface area contributed by atoms with Crippen molar-refractivity contribution in [3.8, 4) is 0 Å². The standard InChI is InChI=1S/C12H16N4S/c1-8-5-3-4-6-10(8)11(13)7-17-12-14-9(2)15-16-12/h3-6,11H,7,13H2,1-2H3,(H,14,15,16). The Kier molecular flexibility index (Phi) is 3.81. The van der Waals surface area contributed by atoms with Gasteiger partial charge in [-0.25, -0.2) is 4.98 Å². The summed E-state index contributed by atoms with van der Waals surface area (Å²) in [6.45, 7) is 3.97. The van der Waals surface area contributed by atoms with E-state index in [0.29, 0.717) is 0 Å². The first-order chi connectivity index (χ1) is 8.16. The summed E-state index contributed by atoms with van der Waals surface area (Å²) in [5.41, 5.74) is 8.58. The summed E-state index contributed by atoms with van der Waals surface area (Å²) >= 11 is 1.57. The zero-order valence-electron chi connectivity index (χ0n) is 9.97. The molecule has 0 aliphatic heterocycles. The van der Waals surface area contributed by atoms with Crippen molar-refractivity contribution in [2.24, 2.45) is 5.73 Å². The van der Waals surface area contributed by atoms with Crippen LogP contribution in [0.2, 0.25) is 0 Å². The number of aryl methyl sites for hydroxylation is 2. The van der Waals surface area contributed by atoms with Crippen LogP contribution in [0.25, 0.3) is 0 Å². The van der Waals surface area contributed by atoms with Crippen LogP contribution < -0.4 is 5.73 Å². The van der Waals surface area contributed by atoms with Gasteiger partial charge in [-0.05, 0) is 25.0 Å². The van der Waals surface area contributed by atoms with E-state index < -0.39 is 0 Å². The number of rotatable bonds is 4. The van der Waals surface area contributed by atoms with E-state index in [4.69, 9.17) is 5.73 Å². The number of nitrogens with two attached hydrogens (primary N) is 1. The molecule has 2 rings (SSSR count). The Morgan fingerprint density at radius 3 is 2.76 bits per heavy atom. The maximum Gasteiger partial charge on any atom is 0.208 e. The zero-order valence-corrected chi connectivity index (χ0v) is 10.8. The molecule has 0 aliphatic carbocycles. The molecule has 0 radical (unpaired) electrons. The van der Waals surface area contributed by atoms with Crippen molar-refractivity contribution in [2.45, 2.75) is 25.0 Å². The number of aromatic nitrogens is 3. The van der Waals surface area contributed by atoms with E-state index in [0.717, 1.165) is 16.7 Å². The Bertz CT molecular complexity index is 495. The van der Waals surface area contributed by atoms with Gasteiger partial charge >= 0.3 is 0 Å². The van der Waals surface area contributed by atoms with Gasteiger partial charge in [0, 0.05) is 11.8 Å². The van der Waals surface area contributed by atoms with E-state index in [1.54, 1.807) is 11.8 Å². The summed E-state index contributed by atoms with van der Waals surface area (Å²) in [6.07, 6.45) is 0. The minimum Gasteiger partial charge on any atom is -0.323 e. The van der Waals surface area contributed by atoms with Gasteiger partial charge in [-0.3, -0.25) is 5.10 Å². The molecular formula is C12H16N4S. The fraction of sp³-hybridized carbons (Fsp3) is 0.333. The SMILES string of the molecule is Cc1nc(SCC(N)c2ccccc2C)n[nH]1. The van der Waals surface area contributed by atoms with E-state index in [1.807, 2.05) is 19.1 Å². The molecule has 1 aromatic heterocycles. The zero-order chi connectivity index (χ0) is 12.3. The van der Waals surface area contributed by atoms with Crippen molar-refractivity contribution in [1.82, 2.24) is 15.2 Å². The van der Waals surface area contributed by atoms with E-state index in [1.165, 1.54) is 11.1 Å². The lowest BCUT2D eigenvalue weighted by Crippen LogP contribution is -2.14. The van der Waals surface area contributed by atoms with Crippen LogP contribution in [0, 0.1) is 13.8 Å². The van der Waals surface area contributed by atoms with Gasteiger partial charge in [-0.15, -0.1) is 5.10 Å². The summed E-state index contributed by atoms with van der Waals surface area (Å²) < 4.78 is 0. The van der Waals surface area contributed by atoms with Crippen LogP contribution in [0.5, 0.6) is 0 Å². The lowest BCUT2D eigenvalue weighted by molar-refractivity contribution is 0.819. The van der Waals surface area contributed by atoms with Crippen molar-refractivity contribution in [3.63, 3.8) is 0 Å². The Morgan fingerprint density at radius 2 is 2.12 bits per heavy atom. The minimum atomic E-state index is 0.0139. The molecule has 0 aliphatic rings. The number of hydrogen-bond acceptors (Lipinski definition) is 4. The number of nitrogens with one attached hydrogen (secondary N) is 1. The van der Waals surface area contributed by atoms with Gasteiger partial charge in [-0.2, -0.15) is 0 Å². The smallest absolute Gasteiger partial charge is 0.208 e. The first kappa shape index (κ1) is 12.1. The highest BCUT2D eigenvalue weighted by Gasteiger charge is 2.10. The molecule has 2 aromatic rings. The number of thioether (sulfide) groups is 1. The van der Waals surface area contributed by atoms with E-state index in [9.17, 15) is 0 Å². The summed E-state index contributed by atoms with van der Waals surface area (Å²) in [4.78, 5) is 4.24. The van der Waals surface area contributed by atoms with Crippen molar-refractivity contribution in [3.05, 3.63) is 41.2 Å². The van der Waals surface area contributed by atoms with E-state index >= 15 is 0 Å². The van der Waals surface area contributed by atoms with Gasteiger partial charge in [0.2, 0.25) is 5.16 Å². The minimum absolute atomic E-state index is 0.0139. The number of H-pyrrole nitrogens is 1. The van der Waals surface area contributed by atoms with Gasteiger partial charge in [0.25, 0.3) is 0 Å². The predicted molar refractivity (Wildman–Crippen MR) is 70.0 cm³/mol. The quantitative estimate of drug-likeness (QED) is 0.814. The van der Waals surface area contributed by atoms with Crippen LogP contribution in [-0.4, -0.2) is 20.9 Å². The maximum absolute atomic E-state index is 6.16. The highest BCUT2D eigenvalue weighted by atomic mass is 32.2. The second kappa shape index (κ2) is 5.33. The molecule has 17 heavy (non-hydrogen) atoms. The normalized spacial score (nSPS) is 12.6. The van der Waals surface area contributed by atoms with Crippen molar-refractivity contribution < 1.29 is 0 Å². The lowest BCUT2D eigenvalue weighted by Gasteiger charge is -2.13. The molecule has 3 N–H and O–H groups in total. The van der Waals surface area contributed by atoms with Crippen molar-refractivity contribution >= 4 is 11.8 Å². The first-order valence-corrected chi connectivity index (χ1v) is 6.48. The maximum atomic E-state index is 6.16. The molecule has 0 saturated carbocycles. The van der Waals surface area contributed by atoms with Crippen LogP contribution in [0.4, 0.5) is 0 Å². The van der Waals surface area contributed by atoms with Crippen LogP contribution in [0.1, 0.15) is 23.0 Å². The molecule has 5 heteroatoms. The fourth-order valence-electron chi connectivity index (χ4n) is 1.64. The van der Waals surface area contributed by atoms with Gasteiger partial charge in [0.15, 0.2) is 0 Å². The molecular weight excluding hydrogens is 232 g/mol. The third-order valence-corrected chi connectivity index (χ3v) is 3.52. The Balaban J connectivity index is 1.98. The number of benzene rings is 1. The number of aromatic amines is 1. The molecule has 0 fully saturated rings. The van der Waals surface area contributed by atoms with Gasteiger partial charge in [-0.1, -0.05) is 36.0 Å². The summed E-state index contributed by atoms with van der Waals surface area (Å²) in [7, 11) is 0. The summed E-state index contributed by atoms with van der Waals surface area (Å²) in [5, 5.41) is 7.65. The predicted octanol–water partition coefficient (Wildman–Crippen LogP) is 2.21. The average Bonchev–Trinajstić information content (AvgIpc) is 2.73. The van der Waals surface area contributed by atoms with Gasteiger partial charge in [0.05, 0.1) is 0 Å². The largest absolute Gasteiger partial charge is 0.323 e. The second-order valence-corrected chi connectivity index (χ2v) is 4.96. The van der Waals surface area contributed by atoms with Crippen LogP contribution in [0.3, 0.4) is 0 Å². The molecule has 90 valence electrons. The van der Waals surface area contributed by atoms with Gasteiger partial charge in [0.1, 0.15) is 5.82 Å². The molecule has 0 bridgehead atoms. The molecule has 4 nitrogen and oxygen atoms in total. The Labute approximate surface area is 105 Å². The van der Waals surface area contributed by atoms with Crippen LogP contribution in [0.15, 0.2) is 29.4 Å². The second-order valence-electron chi connectivity index (χ2n) is 3.98. The van der Waals surface area contributed by atoms with Gasteiger partial charge < -0.3 is 5.73 Å². The molecule has 1 atom stereocenters. The average molecular weight is 248 g/mol. The number of nitrogens with zero attached hydrogens (tertiary/aromatic N) is 2. The molecule has 0 saturated heterocycles. The number of hydrogen-bond donors (Lipinski definition) is 2. The summed E-state index contributed by atoms with van der Waals surface area (Å²) in [6, 6.07) is 8.21. The lowest BCUT2D eigenvalue weighted by atomic mass is 10.0. The molecule has 0 spiro atoms. The first-order valence-electron chi connectivity index (χ1n) is 5.49. The molecule has 1 heterocycles. The topological polar surface area (TPSA) is 67.6 Å². The van der Waals surface area contributed by atoms with Crippen molar-refractivity contribution in [1.29, 1.82) is 0 Å². The monoisotopic (exact) mass is 248 g/mol. The van der Waals surface area contributed by atoms with Crippen LogP contribution in [-0.2, 0) is 0 Å². The highest BCUT2D eigenvalue weighted by molar-refractivity contribution is 7.99. The third-order valence-electron chi connectivity index (χ3n) is 2.56. The van der Waals surface area contributed by atoms with Crippen molar-refractivity contribution in [2.75, 3.05) is 5.75 Å². The fourth-order valence-corrected chi connectivity index (χ4v) is 2.46.